The van der Waals surface area contributed by atoms with Gasteiger partial charge in [0.15, 0.2) is 0 Å². The van der Waals surface area contributed by atoms with E-state index in [1.54, 1.807) is 10.4 Å². The number of aliphatic hydroxyl groups is 1. The highest BCUT2D eigenvalue weighted by Gasteiger charge is 2.40. The van der Waals surface area contributed by atoms with Crippen molar-refractivity contribution in [2.75, 3.05) is 26.3 Å². The minimum absolute atomic E-state index is 0.101. The maximum absolute atomic E-state index is 13.1. The fourth-order valence-corrected chi connectivity index (χ4v) is 7.29. The highest BCUT2D eigenvalue weighted by Crippen LogP contribution is 2.40. The summed E-state index contributed by atoms with van der Waals surface area (Å²) >= 11 is 1.33. The van der Waals surface area contributed by atoms with Crippen molar-refractivity contribution in [1.82, 2.24) is 4.31 Å². The zero-order chi connectivity index (χ0) is 18.9. The predicted octanol–water partition coefficient (Wildman–Crippen LogP) is 3.62. The number of ether oxygens (including phenoxy) is 1. The number of fused-ring (bicyclic) bond motifs is 1. The van der Waals surface area contributed by atoms with Gasteiger partial charge < -0.3 is 9.84 Å². The van der Waals surface area contributed by atoms with Crippen LogP contribution in [0.15, 0.2) is 34.5 Å². The summed E-state index contributed by atoms with van der Waals surface area (Å²) < 4.78 is 35.1. The molecule has 2 fully saturated rings. The molecule has 2 aliphatic heterocycles. The van der Waals surface area contributed by atoms with Crippen LogP contribution in [0.3, 0.4) is 0 Å². The Balaban J connectivity index is 1.46. The van der Waals surface area contributed by atoms with E-state index in [-0.39, 0.29) is 18.1 Å². The zero-order valence-electron chi connectivity index (χ0n) is 15.5. The lowest BCUT2D eigenvalue weighted by molar-refractivity contribution is -0.0421. The van der Waals surface area contributed by atoms with Gasteiger partial charge in [0, 0.05) is 31.0 Å². The number of aliphatic hydroxyl groups excluding tert-OH is 1. The van der Waals surface area contributed by atoms with Gasteiger partial charge in [-0.15, -0.1) is 11.3 Å². The van der Waals surface area contributed by atoms with Gasteiger partial charge in [0.1, 0.15) is 4.21 Å². The first kappa shape index (κ1) is 19.3. The van der Waals surface area contributed by atoms with E-state index in [2.05, 4.69) is 0 Å². The molecule has 27 heavy (non-hydrogen) atoms. The van der Waals surface area contributed by atoms with Crippen molar-refractivity contribution in [3.05, 3.63) is 30.3 Å². The number of benzene rings is 1. The molecule has 1 atom stereocenters. The molecular formula is C20H27NO4S2. The van der Waals surface area contributed by atoms with Gasteiger partial charge in [-0.1, -0.05) is 18.2 Å². The Kier molecular flexibility index (Phi) is 5.58. The second-order valence-electron chi connectivity index (χ2n) is 7.86. The molecule has 1 aromatic heterocycles. The van der Waals surface area contributed by atoms with Crippen LogP contribution in [-0.4, -0.2) is 50.2 Å². The SMILES string of the molecule is O=S(=O)(c1cc2ccccc2s1)N1CCC(CO)(CC2CCCCO2)CC1. The highest BCUT2D eigenvalue weighted by molar-refractivity contribution is 7.91. The largest absolute Gasteiger partial charge is 0.396 e. The molecule has 7 heteroatoms. The Labute approximate surface area is 165 Å². The molecule has 0 amide bonds. The first-order valence-corrected chi connectivity index (χ1v) is 12.0. The third-order valence-corrected chi connectivity index (χ3v) is 9.51. The van der Waals surface area contributed by atoms with E-state index in [9.17, 15) is 13.5 Å². The molecule has 148 valence electrons. The van der Waals surface area contributed by atoms with Gasteiger partial charge in [-0.25, -0.2) is 8.42 Å². The smallest absolute Gasteiger partial charge is 0.252 e. The van der Waals surface area contributed by atoms with E-state index in [1.165, 1.54) is 17.8 Å². The van der Waals surface area contributed by atoms with Crippen molar-refractivity contribution in [3.63, 3.8) is 0 Å². The quantitative estimate of drug-likeness (QED) is 0.819. The van der Waals surface area contributed by atoms with Crippen LogP contribution in [-0.2, 0) is 14.8 Å². The molecule has 0 radical (unpaired) electrons. The van der Waals surface area contributed by atoms with Gasteiger partial charge in [-0.3, -0.25) is 0 Å². The minimum atomic E-state index is -3.48. The van der Waals surface area contributed by atoms with Crippen LogP contribution < -0.4 is 0 Å². The lowest BCUT2D eigenvalue weighted by Crippen LogP contribution is -2.46. The summed E-state index contributed by atoms with van der Waals surface area (Å²) in [4.78, 5) is 0. The predicted molar refractivity (Wildman–Crippen MR) is 108 cm³/mol. The lowest BCUT2D eigenvalue weighted by atomic mass is 9.74. The van der Waals surface area contributed by atoms with Crippen molar-refractivity contribution in [1.29, 1.82) is 0 Å². The van der Waals surface area contributed by atoms with Crippen LogP contribution in [0.2, 0.25) is 0 Å². The molecule has 1 aromatic carbocycles. The molecule has 1 N–H and O–H groups in total. The van der Waals surface area contributed by atoms with Crippen molar-refractivity contribution in [2.24, 2.45) is 5.41 Å². The summed E-state index contributed by atoms with van der Waals surface area (Å²) in [6, 6.07) is 9.53. The summed E-state index contributed by atoms with van der Waals surface area (Å²) in [6.07, 6.45) is 5.76. The maximum Gasteiger partial charge on any atom is 0.252 e. The van der Waals surface area contributed by atoms with Crippen LogP contribution in [0, 0.1) is 5.41 Å². The van der Waals surface area contributed by atoms with E-state index in [0.717, 1.165) is 36.0 Å². The first-order valence-electron chi connectivity index (χ1n) is 9.74. The molecule has 0 bridgehead atoms. The maximum atomic E-state index is 13.1. The van der Waals surface area contributed by atoms with Crippen molar-refractivity contribution in [3.8, 4) is 0 Å². The minimum Gasteiger partial charge on any atom is -0.396 e. The average Bonchev–Trinajstić information content (AvgIpc) is 3.14. The Morgan fingerprint density at radius 2 is 2.00 bits per heavy atom. The monoisotopic (exact) mass is 409 g/mol. The Morgan fingerprint density at radius 3 is 2.67 bits per heavy atom. The standard InChI is InChI=1S/C20H27NO4S2/c22-15-20(14-17-6-3-4-12-25-17)8-10-21(11-9-20)27(23,24)19-13-16-5-1-2-7-18(16)26-19/h1-2,5,7,13,17,22H,3-4,6,8-12,14-15H2. The average molecular weight is 410 g/mol. The summed E-state index contributed by atoms with van der Waals surface area (Å²) in [6.45, 7) is 1.83. The lowest BCUT2D eigenvalue weighted by Gasteiger charge is -2.42. The van der Waals surface area contributed by atoms with E-state index < -0.39 is 10.0 Å². The normalized spacial score (nSPS) is 24.3. The molecule has 4 rings (SSSR count). The number of rotatable bonds is 5. The Morgan fingerprint density at radius 1 is 1.22 bits per heavy atom. The molecule has 0 spiro atoms. The van der Waals surface area contributed by atoms with Crippen LogP contribution >= 0.6 is 11.3 Å². The van der Waals surface area contributed by atoms with Gasteiger partial charge in [-0.05, 0) is 61.5 Å². The van der Waals surface area contributed by atoms with E-state index in [4.69, 9.17) is 4.74 Å². The van der Waals surface area contributed by atoms with Gasteiger partial charge in [-0.2, -0.15) is 4.31 Å². The van der Waals surface area contributed by atoms with E-state index in [1.807, 2.05) is 24.3 Å². The van der Waals surface area contributed by atoms with Crippen molar-refractivity contribution in [2.45, 2.75) is 48.8 Å². The van der Waals surface area contributed by atoms with Gasteiger partial charge >= 0.3 is 0 Å². The zero-order valence-corrected chi connectivity index (χ0v) is 17.1. The van der Waals surface area contributed by atoms with Gasteiger partial charge in [0.25, 0.3) is 10.0 Å². The third kappa shape index (κ3) is 3.93. The fraction of sp³-hybridized carbons (Fsp3) is 0.600. The second kappa shape index (κ2) is 7.79. The number of hydrogen-bond acceptors (Lipinski definition) is 5. The molecule has 2 saturated heterocycles. The molecule has 0 aliphatic carbocycles. The molecule has 5 nitrogen and oxygen atoms in total. The summed E-state index contributed by atoms with van der Waals surface area (Å²) in [5, 5.41) is 11.0. The van der Waals surface area contributed by atoms with E-state index >= 15 is 0 Å². The number of hydrogen-bond donors (Lipinski definition) is 1. The Bertz CT molecular complexity index is 845. The van der Waals surface area contributed by atoms with Crippen molar-refractivity contribution < 1.29 is 18.3 Å². The third-order valence-electron chi connectivity index (χ3n) is 6.05. The topological polar surface area (TPSA) is 66.8 Å². The number of piperidine rings is 1. The molecular weight excluding hydrogens is 382 g/mol. The number of nitrogens with zero attached hydrogens (tertiary/aromatic N) is 1. The van der Waals surface area contributed by atoms with Crippen molar-refractivity contribution >= 4 is 31.4 Å². The molecule has 2 aliphatic rings. The van der Waals surface area contributed by atoms with Crippen LogP contribution in [0.5, 0.6) is 0 Å². The summed E-state index contributed by atoms with van der Waals surface area (Å²) in [7, 11) is -3.48. The molecule has 3 heterocycles. The van der Waals surface area contributed by atoms with Crippen LogP contribution in [0.25, 0.3) is 10.1 Å². The molecule has 1 unspecified atom stereocenters. The summed E-state index contributed by atoms with van der Waals surface area (Å²) in [5.41, 5.74) is -0.214. The summed E-state index contributed by atoms with van der Waals surface area (Å²) in [5.74, 6) is 0. The van der Waals surface area contributed by atoms with E-state index in [0.29, 0.717) is 30.1 Å². The number of thiophene rings is 1. The fourth-order valence-electron chi connectivity index (χ4n) is 4.29. The second-order valence-corrected chi connectivity index (χ2v) is 11.1. The molecule has 2 aromatic rings. The first-order chi connectivity index (χ1) is 13.0. The molecule has 0 saturated carbocycles. The Hall–Kier alpha value is -0.990. The van der Waals surface area contributed by atoms with Crippen LogP contribution in [0.1, 0.15) is 38.5 Å². The van der Waals surface area contributed by atoms with Gasteiger partial charge in [0.2, 0.25) is 0 Å². The van der Waals surface area contributed by atoms with Gasteiger partial charge in [0.05, 0.1) is 6.10 Å². The number of sulfonamides is 1. The highest BCUT2D eigenvalue weighted by atomic mass is 32.2. The van der Waals surface area contributed by atoms with Crippen LogP contribution in [0.4, 0.5) is 0 Å².